The molecule has 134 valence electrons. The van der Waals surface area contributed by atoms with Crippen LogP contribution in [0.15, 0.2) is 52.9 Å². The monoisotopic (exact) mass is 369 g/mol. The van der Waals surface area contributed by atoms with Gasteiger partial charge in [-0.15, -0.1) is 10.2 Å². The van der Waals surface area contributed by atoms with E-state index < -0.39 is 0 Å². The summed E-state index contributed by atoms with van der Waals surface area (Å²) < 4.78 is 5.74. The van der Waals surface area contributed by atoms with E-state index in [9.17, 15) is 4.79 Å². The van der Waals surface area contributed by atoms with E-state index in [2.05, 4.69) is 10.2 Å². The Hall–Kier alpha value is -2.66. The number of hydrogen-bond donors (Lipinski definition) is 0. The van der Waals surface area contributed by atoms with E-state index in [0.717, 1.165) is 11.1 Å². The Labute approximate surface area is 157 Å². The molecule has 1 amide bonds. The van der Waals surface area contributed by atoms with Gasteiger partial charge in [-0.05, 0) is 57.2 Å². The standard InChI is InChI=1S/C20H20ClN3O2/c1-13(2)24(20(25)16-6-4-14(3)5-7-16)12-18-22-23-19(26-18)15-8-10-17(21)11-9-15/h4-11,13H,12H2,1-3H3. The molecular formula is C20H20ClN3O2. The zero-order valence-corrected chi connectivity index (χ0v) is 15.7. The van der Waals surface area contributed by atoms with Crippen LogP contribution in [0.5, 0.6) is 0 Å². The Morgan fingerprint density at radius 2 is 1.73 bits per heavy atom. The van der Waals surface area contributed by atoms with Crippen LogP contribution in [-0.4, -0.2) is 27.0 Å². The molecule has 0 atom stereocenters. The van der Waals surface area contributed by atoms with Crippen molar-refractivity contribution in [2.24, 2.45) is 0 Å². The van der Waals surface area contributed by atoms with Crippen molar-refractivity contribution < 1.29 is 9.21 Å². The minimum absolute atomic E-state index is 0.00492. The van der Waals surface area contributed by atoms with Gasteiger partial charge < -0.3 is 9.32 Å². The predicted molar refractivity (Wildman–Crippen MR) is 101 cm³/mol. The van der Waals surface area contributed by atoms with Crippen molar-refractivity contribution in [1.82, 2.24) is 15.1 Å². The summed E-state index contributed by atoms with van der Waals surface area (Å²) in [5.41, 5.74) is 2.54. The molecule has 0 fully saturated rings. The predicted octanol–water partition coefficient (Wildman–Crippen LogP) is 4.75. The number of rotatable bonds is 5. The number of halogens is 1. The fraction of sp³-hybridized carbons (Fsp3) is 0.250. The fourth-order valence-electron chi connectivity index (χ4n) is 2.52. The van der Waals surface area contributed by atoms with Gasteiger partial charge in [0.05, 0.1) is 6.54 Å². The molecule has 26 heavy (non-hydrogen) atoms. The van der Waals surface area contributed by atoms with Crippen molar-refractivity contribution in [2.75, 3.05) is 0 Å². The van der Waals surface area contributed by atoms with Crippen molar-refractivity contribution in [3.05, 3.63) is 70.6 Å². The molecule has 0 aliphatic heterocycles. The highest BCUT2D eigenvalue weighted by Gasteiger charge is 2.22. The molecule has 0 bridgehead atoms. The highest BCUT2D eigenvalue weighted by atomic mass is 35.5. The van der Waals surface area contributed by atoms with E-state index >= 15 is 0 Å². The molecule has 3 rings (SSSR count). The molecule has 0 aliphatic carbocycles. The molecule has 0 unspecified atom stereocenters. The number of nitrogens with zero attached hydrogens (tertiary/aromatic N) is 3. The zero-order chi connectivity index (χ0) is 18.7. The van der Waals surface area contributed by atoms with Crippen LogP contribution in [0.3, 0.4) is 0 Å². The normalized spacial score (nSPS) is 11.0. The van der Waals surface area contributed by atoms with Crippen molar-refractivity contribution >= 4 is 17.5 Å². The summed E-state index contributed by atoms with van der Waals surface area (Å²) >= 11 is 5.90. The average Bonchev–Trinajstić information content (AvgIpc) is 3.09. The second-order valence-corrected chi connectivity index (χ2v) is 6.84. The first-order valence-electron chi connectivity index (χ1n) is 8.40. The Kier molecular flexibility index (Phi) is 5.38. The van der Waals surface area contributed by atoms with E-state index in [4.69, 9.17) is 16.0 Å². The molecule has 0 aliphatic rings. The summed E-state index contributed by atoms with van der Waals surface area (Å²) in [5.74, 6) is 0.735. The second kappa shape index (κ2) is 7.70. The van der Waals surface area contributed by atoms with Crippen molar-refractivity contribution in [2.45, 2.75) is 33.4 Å². The van der Waals surface area contributed by atoms with Gasteiger partial charge in [-0.3, -0.25) is 4.79 Å². The van der Waals surface area contributed by atoms with Crippen LogP contribution in [0.4, 0.5) is 0 Å². The lowest BCUT2D eigenvalue weighted by Crippen LogP contribution is -2.36. The van der Waals surface area contributed by atoms with Crippen LogP contribution < -0.4 is 0 Å². The van der Waals surface area contributed by atoms with Gasteiger partial charge in [-0.25, -0.2) is 0 Å². The molecule has 0 spiro atoms. The van der Waals surface area contributed by atoms with Crippen LogP contribution in [0.2, 0.25) is 5.02 Å². The van der Waals surface area contributed by atoms with Gasteiger partial charge in [0.1, 0.15) is 0 Å². The van der Waals surface area contributed by atoms with E-state index in [0.29, 0.717) is 22.4 Å². The van der Waals surface area contributed by atoms with Crippen LogP contribution in [0, 0.1) is 6.92 Å². The lowest BCUT2D eigenvalue weighted by molar-refractivity contribution is 0.0672. The summed E-state index contributed by atoms with van der Waals surface area (Å²) in [5, 5.41) is 8.80. The third-order valence-electron chi connectivity index (χ3n) is 4.05. The van der Waals surface area contributed by atoms with E-state index in [1.165, 1.54) is 0 Å². The molecule has 3 aromatic rings. The first-order valence-corrected chi connectivity index (χ1v) is 8.78. The minimum atomic E-state index is -0.0637. The van der Waals surface area contributed by atoms with Crippen molar-refractivity contribution in [3.8, 4) is 11.5 Å². The molecule has 1 heterocycles. The van der Waals surface area contributed by atoms with Gasteiger partial charge in [0.25, 0.3) is 5.91 Å². The van der Waals surface area contributed by atoms with Gasteiger partial charge in [-0.1, -0.05) is 29.3 Å². The summed E-state index contributed by atoms with van der Waals surface area (Å²) in [4.78, 5) is 14.5. The highest BCUT2D eigenvalue weighted by molar-refractivity contribution is 6.30. The van der Waals surface area contributed by atoms with Crippen molar-refractivity contribution in [1.29, 1.82) is 0 Å². The third-order valence-corrected chi connectivity index (χ3v) is 4.30. The summed E-state index contributed by atoms with van der Waals surface area (Å²) in [6.07, 6.45) is 0. The smallest absolute Gasteiger partial charge is 0.254 e. The third kappa shape index (κ3) is 4.11. The number of aryl methyl sites for hydroxylation is 1. The van der Waals surface area contributed by atoms with Crippen LogP contribution in [0.25, 0.3) is 11.5 Å². The summed E-state index contributed by atoms with van der Waals surface area (Å²) in [6, 6.07) is 14.7. The first kappa shape index (κ1) is 18.1. The number of carbonyl (C=O) groups excluding carboxylic acids is 1. The molecule has 0 N–H and O–H groups in total. The lowest BCUT2D eigenvalue weighted by atomic mass is 10.1. The van der Waals surface area contributed by atoms with E-state index in [-0.39, 0.29) is 18.5 Å². The SMILES string of the molecule is Cc1ccc(C(=O)N(Cc2nnc(-c3ccc(Cl)cc3)o2)C(C)C)cc1. The van der Waals surface area contributed by atoms with Gasteiger partial charge >= 0.3 is 0 Å². The van der Waals surface area contributed by atoms with Crippen molar-refractivity contribution in [3.63, 3.8) is 0 Å². The maximum absolute atomic E-state index is 12.8. The molecule has 5 nitrogen and oxygen atoms in total. The largest absolute Gasteiger partial charge is 0.419 e. The fourth-order valence-corrected chi connectivity index (χ4v) is 2.65. The highest BCUT2D eigenvalue weighted by Crippen LogP contribution is 2.21. The quantitative estimate of drug-likeness (QED) is 0.651. The molecule has 6 heteroatoms. The number of aromatic nitrogens is 2. The molecule has 0 saturated carbocycles. The van der Waals surface area contributed by atoms with Crippen LogP contribution in [-0.2, 0) is 6.54 Å². The lowest BCUT2D eigenvalue weighted by Gasteiger charge is -2.25. The van der Waals surface area contributed by atoms with Crippen LogP contribution >= 0.6 is 11.6 Å². The minimum Gasteiger partial charge on any atom is -0.419 e. The van der Waals surface area contributed by atoms with Gasteiger partial charge in [-0.2, -0.15) is 0 Å². The van der Waals surface area contributed by atoms with E-state index in [1.54, 1.807) is 17.0 Å². The average molecular weight is 370 g/mol. The zero-order valence-electron chi connectivity index (χ0n) is 14.9. The Morgan fingerprint density at radius 3 is 2.35 bits per heavy atom. The Morgan fingerprint density at radius 1 is 1.08 bits per heavy atom. The number of hydrogen-bond acceptors (Lipinski definition) is 4. The molecular weight excluding hydrogens is 350 g/mol. The topological polar surface area (TPSA) is 59.2 Å². The summed E-state index contributed by atoms with van der Waals surface area (Å²) in [6.45, 7) is 6.17. The van der Waals surface area contributed by atoms with Crippen LogP contribution in [0.1, 0.15) is 35.7 Å². The number of benzene rings is 2. The number of amides is 1. The Bertz CT molecular complexity index is 886. The maximum Gasteiger partial charge on any atom is 0.254 e. The first-order chi connectivity index (χ1) is 12.4. The number of carbonyl (C=O) groups is 1. The van der Waals surface area contributed by atoms with Gasteiger partial charge in [0.15, 0.2) is 0 Å². The molecule has 1 aromatic heterocycles. The Balaban J connectivity index is 1.79. The molecule has 0 saturated heterocycles. The molecule has 2 aromatic carbocycles. The van der Waals surface area contributed by atoms with E-state index in [1.807, 2.05) is 57.2 Å². The molecule has 0 radical (unpaired) electrons. The van der Waals surface area contributed by atoms with Gasteiger partial charge in [0.2, 0.25) is 11.8 Å². The summed E-state index contributed by atoms with van der Waals surface area (Å²) in [7, 11) is 0. The maximum atomic E-state index is 12.8. The van der Waals surface area contributed by atoms with Gasteiger partial charge in [0, 0.05) is 22.2 Å². The second-order valence-electron chi connectivity index (χ2n) is 6.40.